The van der Waals surface area contributed by atoms with Gasteiger partial charge in [0.25, 0.3) is 5.91 Å². The molecule has 1 atom stereocenters. The summed E-state index contributed by atoms with van der Waals surface area (Å²) < 4.78 is 45.1. The number of rotatable bonds is 6. The molecule has 2 aliphatic heterocycles. The molecule has 5 rings (SSSR count). The zero-order chi connectivity index (χ0) is 27.7. The monoisotopic (exact) mass is 598 g/mol. The van der Waals surface area contributed by atoms with E-state index in [2.05, 4.69) is 10.1 Å². The summed E-state index contributed by atoms with van der Waals surface area (Å²) in [5, 5.41) is 8.13. The molecule has 0 N–H and O–H groups in total. The largest absolute Gasteiger partial charge is 0.467 e. The first kappa shape index (κ1) is 27.7. The van der Waals surface area contributed by atoms with Crippen molar-refractivity contribution in [2.24, 2.45) is 5.16 Å². The van der Waals surface area contributed by atoms with Crippen LogP contribution in [-0.2, 0) is 15.8 Å². The smallest absolute Gasteiger partial charge is 0.421 e. The molecule has 1 unspecified atom stereocenters. The van der Waals surface area contributed by atoms with Crippen molar-refractivity contribution in [2.45, 2.75) is 44.4 Å². The highest BCUT2D eigenvalue weighted by atomic mass is 35.5. The zero-order valence-electron chi connectivity index (χ0n) is 20.7. The fourth-order valence-electron chi connectivity index (χ4n) is 4.58. The molecule has 0 aliphatic carbocycles. The van der Waals surface area contributed by atoms with Crippen LogP contribution >= 0.6 is 34.5 Å². The van der Waals surface area contributed by atoms with E-state index in [4.69, 9.17) is 37.8 Å². The number of hydrogen-bond acceptors (Lipinski definition) is 7. The van der Waals surface area contributed by atoms with Crippen molar-refractivity contribution in [3.63, 3.8) is 0 Å². The Morgan fingerprint density at radius 1 is 1.23 bits per heavy atom. The van der Waals surface area contributed by atoms with Gasteiger partial charge in [-0.25, -0.2) is 9.97 Å². The van der Waals surface area contributed by atoms with Crippen molar-refractivity contribution in [2.75, 3.05) is 19.7 Å². The Labute approximate surface area is 236 Å². The van der Waals surface area contributed by atoms with Gasteiger partial charge in [-0.3, -0.25) is 4.79 Å². The van der Waals surface area contributed by atoms with E-state index in [1.54, 1.807) is 23.1 Å². The van der Waals surface area contributed by atoms with Crippen LogP contribution in [-0.4, -0.2) is 46.2 Å². The van der Waals surface area contributed by atoms with Crippen LogP contribution in [0.1, 0.15) is 58.7 Å². The highest BCUT2D eigenvalue weighted by Crippen LogP contribution is 2.39. The number of benzene rings is 1. The van der Waals surface area contributed by atoms with E-state index in [0.29, 0.717) is 59.2 Å². The number of carbonyl (C=O) groups excluding carboxylic acids is 1. The second-order valence-corrected chi connectivity index (χ2v) is 11.1. The third-order valence-electron chi connectivity index (χ3n) is 6.63. The number of likely N-dealkylation sites (tertiary alicyclic amines) is 1. The lowest BCUT2D eigenvalue weighted by Gasteiger charge is -2.31. The molecule has 39 heavy (non-hydrogen) atoms. The number of oxime groups is 1. The number of hydrogen-bond donors (Lipinski definition) is 0. The first-order chi connectivity index (χ1) is 18.6. The van der Waals surface area contributed by atoms with E-state index >= 15 is 0 Å². The summed E-state index contributed by atoms with van der Waals surface area (Å²) in [6, 6.07) is 6.24. The zero-order valence-corrected chi connectivity index (χ0v) is 23.0. The molecule has 13 heteroatoms. The van der Waals surface area contributed by atoms with E-state index < -0.39 is 24.2 Å². The Bertz CT molecular complexity index is 1390. The number of thiazole rings is 1. The van der Waals surface area contributed by atoms with Crippen LogP contribution in [0.25, 0.3) is 0 Å². The molecule has 0 spiro atoms. The number of aryl methyl sites for hydroxylation is 1. The van der Waals surface area contributed by atoms with Crippen molar-refractivity contribution >= 4 is 46.2 Å². The number of aromatic nitrogens is 2. The molecule has 1 amide bonds. The van der Waals surface area contributed by atoms with Gasteiger partial charge in [0, 0.05) is 52.6 Å². The SMILES string of the molecule is Cc1cnc(OCC(=O)N2CCC(c3nc(C4=NOC(c5c(Cl)cccc5Cl)C4)cs3)CC2)c(C(F)(F)F)c1. The molecule has 0 radical (unpaired) electrons. The molecule has 3 aromatic rings. The molecular weight excluding hydrogens is 576 g/mol. The second kappa shape index (κ2) is 11.3. The summed E-state index contributed by atoms with van der Waals surface area (Å²) in [6.07, 6.45) is -1.89. The Morgan fingerprint density at radius 2 is 1.95 bits per heavy atom. The molecule has 0 saturated carbocycles. The van der Waals surface area contributed by atoms with Crippen molar-refractivity contribution in [3.05, 3.63) is 73.3 Å². The fourth-order valence-corrected chi connectivity index (χ4v) is 6.22. The van der Waals surface area contributed by atoms with E-state index in [1.807, 2.05) is 5.38 Å². The van der Waals surface area contributed by atoms with E-state index in [0.717, 1.165) is 16.8 Å². The maximum absolute atomic E-state index is 13.3. The van der Waals surface area contributed by atoms with Gasteiger partial charge in [0.15, 0.2) is 12.7 Å². The highest BCUT2D eigenvalue weighted by molar-refractivity contribution is 7.10. The first-order valence-electron chi connectivity index (χ1n) is 12.2. The van der Waals surface area contributed by atoms with Gasteiger partial charge in [-0.2, -0.15) is 13.2 Å². The van der Waals surface area contributed by atoms with Crippen LogP contribution in [0.2, 0.25) is 10.0 Å². The lowest BCUT2D eigenvalue weighted by molar-refractivity contribution is -0.141. The predicted octanol–water partition coefficient (Wildman–Crippen LogP) is 6.82. The van der Waals surface area contributed by atoms with Gasteiger partial charge < -0.3 is 14.5 Å². The molecule has 206 valence electrons. The van der Waals surface area contributed by atoms with Gasteiger partial charge in [0.2, 0.25) is 5.88 Å². The number of pyridine rings is 1. The summed E-state index contributed by atoms with van der Waals surface area (Å²) in [4.78, 5) is 28.4. The van der Waals surface area contributed by atoms with Crippen molar-refractivity contribution < 1.29 is 27.5 Å². The van der Waals surface area contributed by atoms with Gasteiger partial charge in [-0.15, -0.1) is 11.3 Å². The van der Waals surface area contributed by atoms with E-state index in [1.165, 1.54) is 24.5 Å². The van der Waals surface area contributed by atoms with Crippen LogP contribution in [0, 0.1) is 6.92 Å². The van der Waals surface area contributed by atoms with Gasteiger partial charge >= 0.3 is 6.18 Å². The molecule has 2 aromatic heterocycles. The number of halogens is 5. The van der Waals surface area contributed by atoms with Crippen LogP contribution < -0.4 is 4.74 Å². The van der Waals surface area contributed by atoms with Crippen molar-refractivity contribution in [3.8, 4) is 5.88 Å². The average molecular weight is 599 g/mol. The molecule has 1 saturated heterocycles. The third-order valence-corrected chi connectivity index (χ3v) is 8.30. The van der Waals surface area contributed by atoms with Crippen LogP contribution in [0.4, 0.5) is 13.2 Å². The van der Waals surface area contributed by atoms with Crippen LogP contribution in [0.3, 0.4) is 0 Å². The molecule has 1 fully saturated rings. The molecular formula is C26H23Cl2F3N4O3S. The Morgan fingerprint density at radius 3 is 2.64 bits per heavy atom. The summed E-state index contributed by atoms with van der Waals surface area (Å²) >= 11 is 14.1. The number of amides is 1. The summed E-state index contributed by atoms with van der Waals surface area (Å²) in [7, 11) is 0. The number of carbonyl (C=O) groups is 1. The van der Waals surface area contributed by atoms with E-state index in [-0.39, 0.29) is 17.9 Å². The third kappa shape index (κ3) is 6.15. The summed E-state index contributed by atoms with van der Waals surface area (Å²) in [5.41, 5.74) is 1.51. The lowest BCUT2D eigenvalue weighted by Crippen LogP contribution is -2.40. The summed E-state index contributed by atoms with van der Waals surface area (Å²) in [5.74, 6) is -0.823. The Kier molecular flexibility index (Phi) is 8.02. The standard InChI is InChI=1S/C26H23Cl2F3N4O3S/c1-14-9-16(26(29,30)31)24(32-11-14)37-12-22(36)35-7-5-15(6-8-35)25-33-20(13-39-25)19-10-21(38-34-19)23-17(27)3-2-4-18(23)28/h2-4,9,11,13,15,21H,5-8,10,12H2,1H3. The first-order valence-corrected chi connectivity index (χ1v) is 13.8. The maximum Gasteiger partial charge on any atom is 0.421 e. The second-order valence-electron chi connectivity index (χ2n) is 9.35. The topological polar surface area (TPSA) is 76.9 Å². The average Bonchev–Trinajstić information content (AvgIpc) is 3.58. The number of alkyl halides is 3. The highest BCUT2D eigenvalue weighted by Gasteiger charge is 2.36. The molecule has 0 bridgehead atoms. The van der Waals surface area contributed by atoms with Crippen molar-refractivity contribution in [1.29, 1.82) is 0 Å². The Hall–Kier alpha value is -2.89. The summed E-state index contributed by atoms with van der Waals surface area (Å²) in [6.45, 7) is 1.90. The quantitative estimate of drug-likeness (QED) is 0.311. The van der Waals surface area contributed by atoms with Crippen LogP contribution in [0.15, 0.2) is 41.0 Å². The van der Waals surface area contributed by atoms with Crippen molar-refractivity contribution in [1.82, 2.24) is 14.9 Å². The fraction of sp³-hybridized carbons (Fsp3) is 0.385. The predicted molar refractivity (Wildman–Crippen MR) is 142 cm³/mol. The van der Waals surface area contributed by atoms with E-state index in [9.17, 15) is 18.0 Å². The normalized spacial score (nSPS) is 18.2. The molecule has 7 nitrogen and oxygen atoms in total. The minimum absolute atomic E-state index is 0.154. The molecule has 4 heterocycles. The maximum atomic E-state index is 13.3. The van der Waals surface area contributed by atoms with Gasteiger partial charge in [-0.05, 0) is 43.5 Å². The van der Waals surface area contributed by atoms with Crippen LogP contribution in [0.5, 0.6) is 5.88 Å². The lowest BCUT2D eigenvalue weighted by atomic mass is 9.97. The number of ether oxygens (including phenoxy) is 1. The van der Waals surface area contributed by atoms with Gasteiger partial charge in [0.1, 0.15) is 11.3 Å². The number of piperidine rings is 1. The number of nitrogens with zero attached hydrogens (tertiary/aromatic N) is 4. The molecule has 1 aromatic carbocycles. The van der Waals surface area contributed by atoms with Gasteiger partial charge in [0.05, 0.1) is 10.7 Å². The minimum atomic E-state index is -4.62. The molecule has 2 aliphatic rings. The Balaban J connectivity index is 1.14. The minimum Gasteiger partial charge on any atom is -0.467 e. The van der Waals surface area contributed by atoms with Gasteiger partial charge in [-0.1, -0.05) is 34.4 Å².